The third kappa shape index (κ3) is 4.37. The normalized spacial score (nSPS) is 11.1. The maximum absolute atomic E-state index is 12.9. The van der Waals surface area contributed by atoms with E-state index in [-0.39, 0.29) is 5.91 Å². The minimum atomic E-state index is -0.267. The second-order valence-corrected chi connectivity index (χ2v) is 7.17. The van der Waals surface area contributed by atoms with Crippen molar-refractivity contribution in [1.82, 2.24) is 19.3 Å². The number of hydrogen-bond donors (Lipinski definition) is 1. The zero-order valence-electron chi connectivity index (χ0n) is 16.6. The van der Waals surface area contributed by atoms with Gasteiger partial charge in [-0.05, 0) is 49.7 Å². The number of imidazole rings is 1. The molecule has 2 heterocycles. The van der Waals surface area contributed by atoms with Crippen molar-refractivity contribution >= 4 is 34.5 Å². The molecule has 0 aliphatic carbocycles. The third-order valence-corrected chi connectivity index (χ3v) is 4.94. The molecule has 0 bridgehead atoms. The van der Waals surface area contributed by atoms with Crippen molar-refractivity contribution in [3.63, 3.8) is 0 Å². The van der Waals surface area contributed by atoms with Crippen LogP contribution in [0.5, 0.6) is 0 Å². The van der Waals surface area contributed by atoms with Gasteiger partial charge in [0.25, 0.3) is 5.91 Å². The molecule has 0 aliphatic heterocycles. The van der Waals surface area contributed by atoms with Crippen LogP contribution in [0.3, 0.4) is 0 Å². The molecule has 154 valence electrons. The molecule has 1 amide bonds. The maximum Gasteiger partial charge on any atom is 0.261 e. The van der Waals surface area contributed by atoms with E-state index in [4.69, 9.17) is 16.3 Å². The fraction of sp³-hybridized carbons (Fsp3) is 0.227. The van der Waals surface area contributed by atoms with Gasteiger partial charge in [0.15, 0.2) is 0 Å². The van der Waals surface area contributed by atoms with E-state index in [9.17, 15) is 4.79 Å². The largest absolute Gasteiger partial charge is 0.382 e. The molecule has 0 spiro atoms. The van der Waals surface area contributed by atoms with Gasteiger partial charge in [-0.25, -0.2) is 9.67 Å². The summed E-state index contributed by atoms with van der Waals surface area (Å²) in [4.78, 5) is 17.5. The Hall–Kier alpha value is -3.16. The van der Waals surface area contributed by atoms with Gasteiger partial charge in [-0.1, -0.05) is 23.7 Å². The number of nitrogens with zero attached hydrogens (tertiary/aromatic N) is 4. The Morgan fingerprint density at radius 1 is 1.17 bits per heavy atom. The van der Waals surface area contributed by atoms with Gasteiger partial charge in [0.1, 0.15) is 0 Å². The summed E-state index contributed by atoms with van der Waals surface area (Å²) in [6.45, 7) is 4.01. The molecular formula is C22H22ClN5O2. The molecule has 7 nitrogen and oxygen atoms in total. The molecule has 8 heteroatoms. The lowest BCUT2D eigenvalue weighted by molar-refractivity contribution is 0.102. The molecule has 2 aromatic heterocycles. The van der Waals surface area contributed by atoms with Gasteiger partial charge in [-0.2, -0.15) is 5.10 Å². The van der Waals surface area contributed by atoms with Gasteiger partial charge in [0, 0.05) is 31.0 Å². The first-order valence-corrected chi connectivity index (χ1v) is 10.2. The van der Waals surface area contributed by atoms with Crippen molar-refractivity contribution in [2.24, 2.45) is 0 Å². The van der Waals surface area contributed by atoms with E-state index in [1.807, 2.05) is 47.9 Å². The highest BCUT2D eigenvalue weighted by Gasteiger charge is 2.16. The molecule has 0 aliphatic rings. The van der Waals surface area contributed by atoms with Crippen molar-refractivity contribution < 1.29 is 9.53 Å². The van der Waals surface area contributed by atoms with Gasteiger partial charge in [-0.3, -0.25) is 10.1 Å². The Morgan fingerprint density at radius 2 is 1.97 bits per heavy atom. The van der Waals surface area contributed by atoms with Crippen LogP contribution in [0.25, 0.3) is 16.7 Å². The summed E-state index contributed by atoms with van der Waals surface area (Å²) >= 11 is 5.94. The summed E-state index contributed by atoms with van der Waals surface area (Å²) in [5.41, 5.74) is 3.07. The molecule has 4 aromatic rings. The SMILES string of the molecule is CCOCCCn1c(NC(=O)c2cnn(-c3ccc(Cl)cc3)c2)nc2ccccc21. The quantitative estimate of drug-likeness (QED) is 0.422. The maximum atomic E-state index is 12.9. The minimum absolute atomic E-state index is 0.267. The molecule has 2 aromatic carbocycles. The number of nitrogens with one attached hydrogen (secondary N) is 1. The lowest BCUT2D eigenvalue weighted by Gasteiger charge is -2.09. The van der Waals surface area contributed by atoms with Gasteiger partial charge in [0.05, 0.1) is 28.5 Å². The number of benzene rings is 2. The van der Waals surface area contributed by atoms with Crippen molar-refractivity contribution in [1.29, 1.82) is 0 Å². The van der Waals surface area contributed by atoms with E-state index in [2.05, 4.69) is 15.4 Å². The monoisotopic (exact) mass is 423 g/mol. The van der Waals surface area contributed by atoms with Crippen molar-refractivity contribution in [2.75, 3.05) is 18.5 Å². The second kappa shape index (κ2) is 9.11. The van der Waals surface area contributed by atoms with E-state index >= 15 is 0 Å². The summed E-state index contributed by atoms with van der Waals surface area (Å²) in [6, 6.07) is 15.1. The average Bonchev–Trinajstić information content (AvgIpc) is 3.37. The highest BCUT2D eigenvalue weighted by atomic mass is 35.5. The van der Waals surface area contributed by atoms with Crippen LogP contribution in [-0.4, -0.2) is 38.5 Å². The van der Waals surface area contributed by atoms with Crippen LogP contribution in [0.15, 0.2) is 60.9 Å². The van der Waals surface area contributed by atoms with Crippen LogP contribution in [0.2, 0.25) is 5.02 Å². The Balaban J connectivity index is 1.55. The number of aromatic nitrogens is 4. The minimum Gasteiger partial charge on any atom is -0.382 e. The summed E-state index contributed by atoms with van der Waals surface area (Å²) in [5.74, 6) is 0.244. The number of amides is 1. The molecule has 0 saturated carbocycles. The highest BCUT2D eigenvalue weighted by molar-refractivity contribution is 6.30. The standard InChI is InChI=1S/C22H22ClN5O2/c1-2-30-13-5-12-27-20-7-4-3-6-19(20)25-22(27)26-21(29)16-14-24-28(15-16)18-10-8-17(23)9-11-18/h3-4,6-11,14-15H,2,5,12-13H2,1H3,(H,25,26,29). The number of anilines is 1. The topological polar surface area (TPSA) is 74.0 Å². The number of carbonyl (C=O) groups excluding carboxylic acids is 1. The Labute approximate surface area is 179 Å². The van der Waals surface area contributed by atoms with Gasteiger partial charge in [0.2, 0.25) is 5.95 Å². The number of aryl methyl sites for hydroxylation is 1. The molecule has 0 fully saturated rings. The Kier molecular flexibility index (Phi) is 6.11. The summed E-state index contributed by atoms with van der Waals surface area (Å²) in [7, 11) is 0. The first-order chi connectivity index (χ1) is 14.7. The molecule has 1 N–H and O–H groups in total. The van der Waals surface area contributed by atoms with Crippen LogP contribution < -0.4 is 5.32 Å². The Morgan fingerprint density at radius 3 is 2.77 bits per heavy atom. The van der Waals surface area contributed by atoms with Crippen LogP contribution in [0.4, 0.5) is 5.95 Å². The molecule has 0 saturated heterocycles. The third-order valence-electron chi connectivity index (χ3n) is 4.69. The number of para-hydroxylation sites is 2. The lowest BCUT2D eigenvalue weighted by atomic mass is 10.3. The molecular weight excluding hydrogens is 402 g/mol. The Bertz CT molecular complexity index is 1150. The number of carbonyl (C=O) groups is 1. The molecule has 0 atom stereocenters. The first kappa shape index (κ1) is 20.1. The zero-order chi connectivity index (χ0) is 20.9. The summed E-state index contributed by atoms with van der Waals surface area (Å²) < 4.78 is 9.09. The average molecular weight is 424 g/mol. The predicted molar refractivity (Wildman–Crippen MR) is 117 cm³/mol. The molecule has 0 unspecified atom stereocenters. The van der Waals surface area contributed by atoms with Crippen LogP contribution in [0, 0.1) is 0 Å². The second-order valence-electron chi connectivity index (χ2n) is 6.73. The summed E-state index contributed by atoms with van der Waals surface area (Å²) in [5, 5.41) is 7.86. The van der Waals surface area contributed by atoms with Crippen molar-refractivity contribution in [2.45, 2.75) is 19.9 Å². The number of fused-ring (bicyclic) bond motifs is 1. The van der Waals surface area contributed by atoms with Crippen molar-refractivity contribution in [3.8, 4) is 5.69 Å². The number of ether oxygens (including phenoxy) is 1. The van der Waals surface area contributed by atoms with Crippen LogP contribution in [0.1, 0.15) is 23.7 Å². The first-order valence-electron chi connectivity index (χ1n) is 9.80. The smallest absolute Gasteiger partial charge is 0.261 e. The van der Waals surface area contributed by atoms with Gasteiger partial charge in [-0.15, -0.1) is 0 Å². The van der Waals surface area contributed by atoms with Gasteiger partial charge < -0.3 is 9.30 Å². The summed E-state index contributed by atoms with van der Waals surface area (Å²) in [6.07, 6.45) is 4.04. The molecule has 0 radical (unpaired) electrons. The van der Waals surface area contributed by atoms with E-state index in [0.29, 0.717) is 36.3 Å². The fourth-order valence-electron chi connectivity index (χ4n) is 3.22. The number of hydrogen-bond acceptors (Lipinski definition) is 4. The van der Waals surface area contributed by atoms with E-state index in [0.717, 1.165) is 23.1 Å². The van der Waals surface area contributed by atoms with Gasteiger partial charge >= 0.3 is 0 Å². The van der Waals surface area contributed by atoms with E-state index in [1.54, 1.807) is 23.0 Å². The van der Waals surface area contributed by atoms with Crippen LogP contribution >= 0.6 is 11.6 Å². The zero-order valence-corrected chi connectivity index (χ0v) is 17.3. The lowest BCUT2D eigenvalue weighted by Crippen LogP contribution is -2.16. The fourth-order valence-corrected chi connectivity index (χ4v) is 3.34. The number of rotatable bonds is 8. The predicted octanol–water partition coefficient (Wildman–Crippen LogP) is 4.55. The van der Waals surface area contributed by atoms with E-state index in [1.165, 1.54) is 6.20 Å². The molecule has 30 heavy (non-hydrogen) atoms. The van der Waals surface area contributed by atoms with Crippen molar-refractivity contribution in [3.05, 3.63) is 71.5 Å². The molecule has 4 rings (SSSR count). The highest BCUT2D eigenvalue weighted by Crippen LogP contribution is 2.21. The van der Waals surface area contributed by atoms with Crippen LogP contribution in [-0.2, 0) is 11.3 Å². The van der Waals surface area contributed by atoms with E-state index < -0.39 is 0 Å². The number of halogens is 1.